The van der Waals surface area contributed by atoms with Crippen molar-refractivity contribution < 1.29 is 18.3 Å². The summed E-state index contributed by atoms with van der Waals surface area (Å²) in [5, 5.41) is 0. The molecule has 0 fully saturated rings. The van der Waals surface area contributed by atoms with E-state index in [1.165, 1.54) is 24.5 Å². The van der Waals surface area contributed by atoms with E-state index in [-0.39, 0.29) is 24.3 Å². The van der Waals surface area contributed by atoms with Crippen LogP contribution in [0.4, 0.5) is 4.39 Å². The lowest BCUT2D eigenvalue weighted by Crippen LogP contribution is -2.30. The third kappa shape index (κ3) is 3.40. The molecule has 0 bridgehead atoms. The first-order chi connectivity index (χ1) is 9.20. The minimum absolute atomic E-state index is 0.0399. The molecule has 19 heavy (non-hydrogen) atoms. The summed E-state index contributed by atoms with van der Waals surface area (Å²) in [6.07, 6.45) is 1.53. The Morgan fingerprint density at radius 1 is 1.37 bits per heavy atom. The van der Waals surface area contributed by atoms with Gasteiger partial charge in [-0.05, 0) is 30.3 Å². The minimum Gasteiger partial charge on any atom is -0.467 e. The molecule has 0 aliphatic rings. The Bertz CT molecular complexity index is 555. The van der Waals surface area contributed by atoms with Crippen LogP contribution in [-0.2, 0) is 18.0 Å². The van der Waals surface area contributed by atoms with E-state index in [9.17, 15) is 9.18 Å². The zero-order valence-corrected chi connectivity index (χ0v) is 10.1. The molecule has 100 valence electrons. The van der Waals surface area contributed by atoms with Gasteiger partial charge in [-0.15, -0.1) is 0 Å². The Morgan fingerprint density at radius 2 is 2.21 bits per heavy atom. The van der Waals surface area contributed by atoms with Crippen molar-refractivity contribution in [2.24, 2.45) is 5.84 Å². The maximum absolute atomic E-state index is 13.5. The van der Waals surface area contributed by atoms with E-state index in [1.807, 2.05) is 5.43 Å². The second-order valence-electron chi connectivity index (χ2n) is 3.85. The van der Waals surface area contributed by atoms with Crippen molar-refractivity contribution in [1.29, 1.82) is 0 Å². The summed E-state index contributed by atoms with van der Waals surface area (Å²) in [4.78, 5) is 11.3. The van der Waals surface area contributed by atoms with E-state index < -0.39 is 11.7 Å². The first-order valence-electron chi connectivity index (χ1n) is 5.60. The normalized spacial score (nSPS) is 10.4. The fourth-order valence-corrected chi connectivity index (χ4v) is 1.57. The maximum Gasteiger partial charge on any atom is 0.265 e. The van der Waals surface area contributed by atoms with Crippen LogP contribution in [-0.4, -0.2) is 5.91 Å². The highest BCUT2D eigenvalue weighted by atomic mass is 19.1. The molecule has 0 atom stereocenters. The minimum atomic E-state index is -0.479. The second kappa shape index (κ2) is 6.12. The number of nitrogens with one attached hydrogen (secondary N) is 1. The summed E-state index contributed by atoms with van der Waals surface area (Å²) in [6.45, 7) is 0.276. The molecule has 6 heteroatoms. The predicted octanol–water partition coefficient (Wildman–Crippen LogP) is 1.74. The van der Waals surface area contributed by atoms with Crippen molar-refractivity contribution in [3.63, 3.8) is 0 Å². The molecule has 0 saturated heterocycles. The second-order valence-corrected chi connectivity index (χ2v) is 3.85. The molecule has 0 radical (unpaired) electrons. The Labute approximate surface area is 109 Å². The van der Waals surface area contributed by atoms with Gasteiger partial charge in [0.25, 0.3) is 5.91 Å². The number of rotatable bonds is 5. The lowest BCUT2D eigenvalue weighted by molar-refractivity contribution is 0.0903. The van der Waals surface area contributed by atoms with Crippen LogP contribution >= 0.6 is 0 Å². The summed E-state index contributed by atoms with van der Waals surface area (Å²) < 4.78 is 23.9. The zero-order chi connectivity index (χ0) is 13.7. The number of ether oxygens (including phenoxy) is 1. The number of nitrogens with two attached hydrogens (primary N) is 1. The highest BCUT2D eigenvalue weighted by Gasteiger charge is 2.09. The lowest BCUT2D eigenvalue weighted by atomic mass is 10.1. The van der Waals surface area contributed by atoms with Crippen LogP contribution in [0.1, 0.15) is 21.7 Å². The lowest BCUT2D eigenvalue weighted by Gasteiger charge is -2.06. The third-order valence-electron chi connectivity index (χ3n) is 2.52. The van der Waals surface area contributed by atoms with Gasteiger partial charge in [-0.25, -0.2) is 10.2 Å². The van der Waals surface area contributed by atoms with Crippen molar-refractivity contribution in [3.8, 4) is 0 Å². The van der Waals surface area contributed by atoms with Gasteiger partial charge in [0.15, 0.2) is 0 Å². The van der Waals surface area contributed by atoms with Gasteiger partial charge in [0.1, 0.15) is 18.2 Å². The molecule has 0 spiro atoms. The van der Waals surface area contributed by atoms with Gasteiger partial charge in [0.05, 0.1) is 12.9 Å². The standard InChI is InChI=1S/C13H13FN2O3/c14-12-4-3-9(13(17)16-15)6-10(12)7-18-8-11-2-1-5-19-11/h1-6H,7-8,15H2,(H,16,17). The molecule has 0 aliphatic carbocycles. The number of benzene rings is 1. The van der Waals surface area contributed by atoms with Gasteiger partial charge in [-0.3, -0.25) is 10.2 Å². The first-order valence-corrected chi connectivity index (χ1v) is 5.60. The highest BCUT2D eigenvalue weighted by molar-refractivity contribution is 5.93. The average Bonchev–Trinajstić information content (AvgIpc) is 2.93. The Balaban J connectivity index is 2.00. The molecule has 1 aromatic heterocycles. The molecule has 5 nitrogen and oxygen atoms in total. The molecule has 1 aromatic carbocycles. The number of hydrazine groups is 1. The molecule has 1 amide bonds. The largest absolute Gasteiger partial charge is 0.467 e. The van der Waals surface area contributed by atoms with Gasteiger partial charge in [0, 0.05) is 11.1 Å². The number of hydrogen-bond donors (Lipinski definition) is 2. The number of halogens is 1. The third-order valence-corrected chi connectivity index (χ3v) is 2.52. The molecule has 2 aromatic rings. The van der Waals surface area contributed by atoms with E-state index in [4.69, 9.17) is 15.0 Å². The van der Waals surface area contributed by atoms with Crippen LogP contribution in [0.3, 0.4) is 0 Å². The number of carbonyl (C=O) groups is 1. The van der Waals surface area contributed by atoms with Crippen LogP contribution in [0.15, 0.2) is 41.0 Å². The van der Waals surface area contributed by atoms with E-state index in [0.717, 1.165) is 0 Å². The molecule has 0 unspecified atom stereocenters. The predicted molar refractivity (Wildman–Crippen MR) is 65.3 cm³/mol. The summed E-state index contributed by atoms with van der Waals surface area (Å²) in [5.74, 6) is 4.75. The van der Waals surface area contributed by atoms with Crippen LogP contribution in [0.25, 0.3) is 0 Å². The van der Waals surface area contributed by atoms with Crippen LogP contribution < -0.4 is 11.3 Å². The number of nitrogen functional groups attached to an aromatic ring is 1. The fourth-order valence-electron chi connectivity index (χ4n) is 1.57. The van der Waals surface area contributed by atoms with Crippen molar-refractivity contribution in [1.82, 2.24) is 5.43 Å². The summed E-state index contributed by atoms with van der Waals surface area (Å²) in [6, 6.07) is 7.46. The molecule has 1 heterocycles. The van der Waals surface area contributed by atoms with Gasteiger partial charge in [-0.2, -0.15) is 0 Å². The number of hydrogen-bond acceptors (Lipinski definition) is 4. The summed E-state index contributed by atoms with van der Waals surface area (Å²) in [7, 11) is 0. The smallest absolute Gasteiger partial charge is 0.265 e. The van der Waals surface area contributed by atoms with E-state index in [2.05, 4.69) is 0 Å². The van der Waals surface area contributed by atoms with Crippen molar-refractivity contribution in [3.05, 3.63) is 59.3 Å². The number of furan rings is 1. The Hall–Kier alpha value is -2.18. The van der Waals surface area contributed by atoms with Crippen molar-refractivity contribution in [2.45, 2.75) is 13.2 Å². The van der Waals surface area contributed by atoms with Crippen molar-refractivity contribution in [2.75, 3.05) is 0 Å². The van der Waals surface area contributed by atoms with Gasteiger partial charge in [-0.1, -0.05) is 0 Å². The van der Waals surface area contributed by atoms with Crippen LogP contribution in [0.5, 0.6) is 0 Å². The number of amides is 1. The maximum atomic E-state index is 13.5. The summed E-state index contributed by atoms with van der Waals surface area (Å²) in [5.41, 5.74) is 2.55. The Morgan fingerprint density at radius 3 is 2.89 bits per heavy atom. The quantitative estimate of drug-likeness (QED) is 0.490. The van der Waals surface area contributed by atoms with E-state index in [1.54, 1.807) is 12.1 Å². The monoisotopic (exact) mass is 264 g/mol. The average molecular weight is 264 g/mol. The Kier molecular flexibility index (Phi) is 4.27. The fraction of sp³-hybridized carbons (Fsp3) is 0.154. The molecular formula is C13H13FN2O3. The topological polar surface area (TPSA) is 77.5 Å². The van der Waals surface area contributed by atoms with E-state index >= 15 is 0 Å². The van der Waals surface area contributed by atoms with Gasteiger partial charge in [0.2, 0.25) is 0 Å². The van der Waals surface area contributed by atoms with E-state index in [0.29, 0.717) is 5.76 Å². The molecule has 2 rings (SSSR count). The molecular weight excluding hydrogens is 251 g/mol. The zero-order valence-electron chi connectivity index (χ0n) is 10.1. The first kappa shape index (κ1) is 13.3. The summed E-state index contributed by atoms with van der Waals surface area (Å²) >= 11 is 0. The molecule has 3 N–H and O–H groups in total. The van der Waals surface area contributed by atoms with Crippen LogP contribution in [0, 0.1) is 5.82 Å². The number of carbonyl (C=O) groups excluding carboxylic acids is 1. The van der Waals surface area contributed by atoms with Gasteiger partial charge < -0.3 is 9.15 Å². The van der Waals surface area contributed by atoms with Gasteiger partial charge >= 0.3 is 0 Å². The highest BCUT2D eigenvalue weighted by Crippen LogP contribution is 2.13. The molecule has 0 saturated carbocycles. The van der Waals surface area contributed by atoms with Crippen molar-refractivity contribution >= 4 is 5.91 Å². The molecule has 0 aliphatic heterocycles. The van der Waals surface area contributed by atoms with Crippen LogP contribution in [0.2, 0.25) is 0 Å². The SMILES string of the molecule is NNC(=O)c1ccc(F)c(COCc2ccco2)c1.